The van der Waals surface area contributed by atoms with Crippen molar-refractivity contribution in [2.24, 2.45) is 0 Å². The molecule has 1 heterocycles. The molecule has 0 amide bonds. The van der Waals surface area contributed by atoms with Crippen LogP contribution in [0.2, 0.25) is 0 Å². The van der Waals surface area contributed by atoms with Crippen molar-refractivity contribution in [2.75, 3.05) is 19.3 Å². The van der Waals surface area contributed by atoms with E-state index in [1.165, 1.54) is 17.7 Å². The summed E-state index contributed by atoms with van der Waals surface area (Å²) in [5.74, 6) is 1.61. The zero-order valence-electron chi connectivity index (χ0n) is 9.21. The Kier molecular flexibility index (Phi) is 3.16. The van der Waals surface area contributed by atoms with Gasteiger partial charge in [-0.1, -0.05) is 0 Å². The van der Waals surface area contributed by atoms with Crippen molar-refractivity contribution in [1.82, 2.24) is 15.3 Å². The lowest BCUT2D eigenvalue weighted by molar-refractivity contribution is 0.699. The van der Waals surface area contributed by atoms with Crippen molar-refractivity contribution in [3.8, 4) is 0 Å². The highest BCUT2D eigenvalue weighted by Gasteiger charge is 2.17. The van der Waals surface area contributed by atoms with Gasteiger partial charge in [0.15, 0.2) is 0 Å². The highest BCUT2D eigenvalue weighted by Crippen LogP contribution is 2.24. The predicted molar refractivity (Wildman–Crippen MR) is 60.7 cm³/mol. The van der Waals surface area contributed by atoms with Crippen molar-refractivity contribution in [3.05, 3.63) is 17.1 Å². The van der Waals surface area contributed by atoms with Gasteiger partial charge in [0, 0.05) is 17.7 Å². The Bertz CT molecular complexity index is 349. The molecule has 1 aromatic heterocycles. The molecule has 0 saturated carbocycles. The zero-order valence-corrected chi connectivity index (χ0v) is 9.21. The van der Waals surface area contributed by atoms with Crippen LogP contribution in [0.15, 0.2) is 0 Å². The van der Waals surface area contributed by atoms with E-state index in [9.17, 15) is 0 Å². The van der Waals surface area contributed by atoms with Gasteiger partial charge in [-0.2, -0.15) is 0 Å². The van der Waals surface area contributed by atoms with E-state index >= 15 is 0 Å². The fraction of sp³-hybridized carbons (Fsp3) is 0.636. The van der Waals surface area contributed by atoms with Gasteiger partial charge in [0.1, 0.15) is 11.6 Å². The van der Waals surface area contributed by atoms with Crippen LogP contribution in [0.25, 0.3) is 0 Å². The van der Waals surface area contributed by atoms with Gasteiger partial charge in [0.25, 0.3) is 0 Å². The Balaban J connectivity index is 2.09. The zero-order chi connectivity index (χ0) is 10.7. The van der Waals surface area contributed by atoms with Gasteiger partial charge in [0.05, 0.1) is 0 Å². The van der Waals surface area contributed by atoms with E-state index in [-0.39, 0.29) is 0 Å². The molecule has 0 fully saturated rings. The van der Waals surface area contributed by atoms with E-state index in [0.29, 0.717) is 5.82 Å². The van der Waals surface area contributed by atoms with Crippen molar-refractivity contribution < 1.29 is 0 Å². The summed E-state index contributed by atoms with van der Waals surface area (Å²) >= 11 is 0. The maximum atomic E-state index is 5.91. The van der Waals surface area contributed by atoms with Crippen LogP contribution in [0.3, 0.4) is 0 Å². The molecule has 82 valence electrons. The first-order valence-corrected chi connectivity index (χ1v) is 5.60. The van der Waals surface area contributed by atoms with Gasteiger partial charge in [-0.25, -0.2) is 9.97 Å². The molecule has 3 N–H and O–H groups in total. The smallest absolute Gasteiger partial charge is 0.131 e. The molecular weight excluding hydrogens is 188 g/mol. The number of nitrogens with two attached hydrogens (primary N) is 1. The van der Waals surface area contributed by atoms with Crippen LogP contribution >= 0.6 is 0 Å². The Labute approximate surface area is 90.3 Å². The summed E-state index contributed by atoms with van der Waals surface area (Å²) in [4.78, 5) is 8.92. The Morgan fingerprint density at radius 3 is 3.00 bits per heavy atom. The molecule has 15 heavy (non-hydrogen) atoms. The molecule has 0 saturated heterocycles. The topological polar surface area (TPSA) is 63.8 Å². The molecule has 1 aliphatic carbocycles. The maximum absolute atomic E-state index is 5.91. The third-order valence-electron chi connectivity index (χ3n) is 2.84. The number of rotatable bonds is 4. The van der Waals surface area contributed by atoms with Gasteiger partial charge in [0.2, 0.25) is 0 Å². The third-order valence-corrected chi connectivity index (χ3v) is 2.84. The summed E-state index contributed by atoms with van der Waals surface area (Å²) in [6.45, 7) is 1.00. The van der Waals surface area contributed by atoms with E-state index in [1.807, 2.05) is 7.05 Å². The Morgan fingerprint density at radius 2 is 2.20 bits per heavy atom. The second-order valence-corrected chi connectivity index (χ2v) is 4.01. The van der Waals surface area contributed by atoms with Gasteiger partial charge in [-0.15, -0.1) is 0 Å². The van der Waals surface area contributed by atoms with Crippen LogP contribution in [-0.4, -0.2) is 23.6 Å². The standard InChI is InChI=1S/C11H18N4/c1-13-7-3-6-10-14-9-5-2-4-8(9)11(12)15-10/h13H,2-7H2,1H3,(H2,12,14,15). The first-order chi connectivity index (χ1) is 7.31. The second kappa shape index (κ2) is 4.57. The van der Waals surface area contributed by atoms with Gasteiger partial charge < -0.3 is 11.1 Å². The van der Waals surface area contributed by atoms with Crippen LogP contribution in [0.5, 0.6) is 0 Å². The SMILES string of the molecule is CNCCCc1nc(N)c2c(n1)CCC2. The number of aryl methyl sites for hydroxylation is 2. The Hall–Kier alpha value is -1.16. The summed E-state index contributed by atoms with van der Waals surface area (Å²) in [6, 6.07) is 0. The van der Waals surface area contributed by atoms with E-state index in [0.717, 1.165) is 38.1 Å². The van der Waals surface area contributed by atoms with Crippen molar-refractivity contribution in [1.29, 1.82) is 0 Å². The number of hydrogen-bond acceptors (Lipinski definition) is 4. The minimum absolute atomic E-state index is 0.706. The van der Waals surface area contributed by atoms with Crippen molar-refractivity contribution in [2.45, 2.75) is 32.1 Å². The van der Waals surface area contributed by atoms with Gasteiger partial charge in [-0.05, 0) is 39.3 Å². The number of fused-ring (bicyclic) bond motifs is 1. The largest absolute Gasteiger partial charge is 0.383 e. The maximum Gasteiger partial charge on any atom is 0.131 e. The summed E-state index contributed by atoms with van der Waals surface area (Å²) in [5, 5.41) is 3.12. The minimum Gasteiger partial charge on any atom is -0.383 e. The quantitative estimate of drug-likeness (QED) is 0.712. The second-order valence-electron chi connectivity index (χ2n) is 4.01. The van der Waals surface area contributed by atoms with Crippen molar-refractivity contribution >= 4 is 5.82 Å². The summed E-state index contributed by atoms with van der Waals surface area (Å²) in [7, 11) is 1.96. The molecule has 0 aliphatic heterocycles. The van der Waals surface area contributed by atoms with Crippen LogP contribution in [0, 0.1) is 0 Å². The van der Waals surface area contributed by atoms with Gasteiger partial charge in [-0.3, -0.25) is 0 Å². The van der Waals surface area contributed by atoms with Crippen molar-refractivity contribution in [3.63, 3.8) is 0 Å². The predicted octanol–water partition coefficient (Wildman–Crippen LogP) is 0.699. The van der Waals surface area contributed by atoms with E-state index in [1.54, 1.807) is 0 Å². The first-order valence-electron chi connectivity index (χ1n) is 5.60. The lowest BCUT2D eigenvalue weighted by atomic mass is 10.2. The molecule has 0 atom stereocenters. The lowest BCUT2D eigenvalue weighted by Crippen LogP contribution is -2.11. The summed E-state index contributed by atoms with van der Waals surface area (Å²) in [5.41, 5.74) is 8.28. The van der Waals surface area contributed by atoms with E-state index in [2.05, 4.69) is 15.3 Å². The molecule has 0 aromatic carbocycles. The molecule has 0 spiro atoms. The first kappa shape index (κ1) is 10.4. The van der Waals surface area contributed by atoms with E-state index < -0.39 is 0 Å². The molecule has 4 nitrogen and oxygen atoms in total. The van der Waals surface area contributed by atoms with Gasteiger partial charge >= 0.3 is 0 Å². The van der Waals surface area contributed by atoms with E-state index in [4.69, 9.17) is 5.73 Å². The van der Waals surface area contributed by atoms with Crippen LogP contribution in [0.4, 0.5) is 5.82 Å². The Morgan fingerprint density at radius 1 is 1.33 bits per heavy atom. The number of nitrogen functional groups attached to an aromatic ring is 1. The average Bonchev–Trinajstić information content (AvgIpc) is 2.66. The van der Waals surface area contributed by atoms with Crippen LogP contribution in [-0.2, 0) is 19.3 Å². The number of hydrogen-bond donors (Lipinski definition) is 2. The third kappa shape index (κ3) is 2.26. The molecular formula is C11H18N4. The van der Waals surface area contributed by atoms with Crippen LogP contribution in [0.1, 0.15) is 29.9 Å². The normalized spacial score (nSPS) is 14.2. The highest BCUT2D eigenvalue weighted by molar-refractivity contribution is 5.44. The number of nitrogens with zero attached hydrogens (tertiary/aromatic N) is 2. The monoisotopic (exact) mass is 206 g/mol. The average molecular weight is 206 g/mol. The number of aromatic nitrogens is 2. The molecule has 0 bridgehead atoms. The van der Waals surface area contributed by atoms with Crippen LogP contribution < -0.4 is 11.1 Å². The highest BCUT2D eigenvalue weighted by atomic mass is 15.0. The number of nitrogens with one attached hydrogen (secondary N) is 1. The summed E-state index contributed by atoms with van der Waals surface area (Å²) in [6.07, 6.45) is 5.28. The minimum atomic E-state index is 0.706. The fourth-order valence-electron chi connectivity index (χ4n) is 2.05. The molecule has 1 aliphatic rings. The fourth-order valence-corrected chi connectivity index (χ4v) is 2.05. The number of anilines is 1. The molecule has 1 aromatic rings. The summed E-state index contributed by atoms with van der Waals surface area (Å²) < 4.78 is 0. The molecule has 0 radical (unpaired) electrons. The molecule has 2 rings (SSSR count). The molecule has 4 heteroatoms. The molecule has 0 unspecified atom stereocenters. The lowest BCUT2D eigenvalue weighted by Gasteiger charge is -2.06.